The van der Waals surface area contributed by atoms with Crippen LogP contribution in [0.3, 0.4) is 0 Å². The number of hydrogen-bond donors (Lipinski definition) is 0. The Morgan fingerprint density at radius 1 is 1.25 bits per heavy atom. The molecule has 0 amide bonds. The zero-order valence-corrected chi connectivity index (χ0v) is 14.6. The Kier molecular flexibility index (Phi) is 5.69. The number of nitrogens with zero attached hydrogens (tertiary/aromatic N) is 2. The topological polar surface area (TPSA) is 52.1 Å². The Bertz CT molecular complexity index is 724. The summed E-state index contributed by atoms with van der Waals surface area (Å²) in [6, 6.07) is 3.95. The van der Waals surface area contributed by atoms with Crippen molar-refractivity contribution in [2.75, 3.05) is 6.61 Å². The maximum Gasteiger partial charge on any atom is 0.155 e. The van der Waals surface area contributed by atoms with Crippen molar-refractivity contribution in [3.63, 3.8) is 0 Å². The van der Waals surface area contributed by atoms with Crippen molar-refractivity contribution in [3.05, 3.63) is 52.0 Å². The van der Waals surface area contributed by atoms with Crippen LogP contribution in [0.15, 0.2) is 30.7 Å². The zero-order valence-electron chi connectivity index (χ0n) is 13.1. The van der Waals surface area contributed by atoms with Crippen molar-refractivity contribution in [3.8, 4) is 5.75 Å². The lowest BCUT2D eigenvalue weighted by Crippen LogP contribution is -2.24. The van der Waals surface area contributed by atoms with Gasteiger partial charge >= 0.3 is 0 Å². The van der Waals surface area contributed by atoms with Crippen LogP contribution < -0.4 is 4.74 Å². The Morgan fingerprint density at radius 2 is 2.08 bits per heavy atom. The van der Waals surface area contributed by atoms with Crippen molar-refractivity contribution < 1.29 is 9.53 Å². The van der Waals surface area contributed by atoms with Crippen molar-refractivity contribution in [1.82, 2.24) is 9.97 Å². The zero-order chi connectivity index (χ0) is 16.9. The molecule has 2 atom stereocenters. The summed E-state index contributed by atoms with van der Waals surface area (Å²) in [5, 5.41) is 0.866. The van der Waals surface area contributed by atoms with E-state index in [1.54, 1.807) is 6.20 Å². The van der Waals surface area contributed by atoms with E-state index in [9.17, 15) is 4.79 Å². The lowest BCUT2D eigenvalue weighted by molar-refractivity contribution is 0.111. The summed E-state index contributed by atoms with van der Waals surface area (Å²) in [7, 11) is 0. The molecule has 0 aromatic carbocycles. The molecule has 24 heavy (non-hydrogen) atoms. The SMILES string of the molecule is O=Cc1c(Cl)cncc1OCC1CCCCC1c1cccnc1Cl. The first-order valence-electron chi connectivity index (χ1n) is 8.02. The average molecular weight is 365 g/mol. The van der Waals surface area contributed by atoms with E-state index in [0.717, 1.165) is 24.8 Å². The molecule has 2 aromatic heterocycles. The molecule has 0 saturated heterocycles. The highest BCUT2D eigenvalue weighted by atomic mass is 35.5. The number of aldehydes is 1. The second-order valence-electron chi connectivity index (χ2n) is 6.00. The standard InChI is InChI=1S/C18H18Cl2N2O2/c19-16-8-21-9-17(15(16)10-23)24-11-12-4-1-2-5-13(12)14-6-3-7-22-18(14)20/h3,6-10,12-13H,1-2,4-5,11H2. The second kappa shape index (κ2) is 7.95. The predicted octanol–water partition coefficient (Wildman–Crippen LogP) is 4.95. The molecule has 1 aliphatic rings. The van der Waals surface area contributed by atoms with E-state index < -0.39 is 0 Å². The molecule has 2 heterocycles. The van der Waals surface area contributed by atoms with Gasteiger partial charge in [-0.25, -0.2) is 4.98 Å². The van der Waals surface area contributed by atoms with Crippen LogP contribution in [0.2, 0.25) is 10.2 Å². The molecule has 0 aliphatic heterocycles. The van der Waals surface area contributed by atoms with Gasteiger partial charge in [-0.2, -0.15) is 0 Å². The smallest absolute Gasteiger partial charge is 0.155 e. The number of hydrogen-bond acceptors (Lipinski definition) is 4. The monoisotopic (exact) mass is 364 g/mol. The number of rotatable bonds is 5. The van der Waals surface area contributed by atoms with Gasteiger partial charge in [-0.15, -0.1) is 0 Å². The number of carbonyl (C=O) groups is 1. The highest BCUT2D eigenvalue weighted by Gasteiger charge is 2.29. The normalized spacial score (nSPS) is 20.6. The van der Waals surface area contributed by atoms with E-state index in [2.05, 4.69) is 9.97 Å². The van der Waals surface area contributed by atoms with Crippen molar-refractivity contribution in [2.45, 2.75) is 31.6 Å². The van der Waals surface area contributed by atoms with Crippen LogP contribution in [0.5, 0.6) is 5.75 Å². The fraction of sp³-hybridized carbons (Fsp3) is 0.389. The summed E-state index contributed by atoms with van der Waals surface area (Å²) in [5.74, 6) is 1.06. The fourth-order valence-electron chi connectivity index (χ4n) is 3.35. The van der Waals surface area contributed by atoms with Gasteiger partial charge in [-0.05, 0) is 36.3 Å². The van der Waals surface area contributed by atoms with Gasteiger partial charge in [0.15, 0.2) is 6.29 Å². The number of halogens is 2. The maximum absolute atomic E-state index is 11.2. The van der Waals surface area contributed by atoms with Crippen LogP contribution in [-0.2, 0) is 0 Å². The molecule has 3 rings (SSSR count). The molecular weight excluding hydrogens is 347 g/mol. The highest BCUT2D eigenvalue weighted by Crippen LogP contribution is 2.40. The summed E-state index contributed by atoms with van der Waals surface area (Å²) >= 11 is 12.3. The minimum Gasteiger partial charge on any atom is -0.491 e. The first-order chi connectivity index (χ1) is 11.7. The predicted molar refractivity (Wildman–Crippen MR) is 94.1 cm³/mol. The van der Waals surface area contributed by atoms with Crippen LogP contribution >= 0.6 is 23.2 Å². The molecule has 0 N–H and O–H groups in total. The van der Waals surface area contributed by atoms with Crippen LogP contribution in [0.4, 0.5) is 0 Å². The van der Waals surface area contributed by atoms with Gasteiger partial charge in [0.1, 0.15) is 10.9 Å². The number of carbonyl (C=O) groups excluding carboxylic acids is 1. The van der Waals surface area contributed by atoms with Crippen molar-refractivity contribution >= 4 is 29.5 Å². The van der Waals surface area contributed by atoms with E-state index in [1.807, 2.05) is 12.1 Å². The van der Waals surface area contributed by atoms with Gasteiger partial charge < -0.3 is 4.74 Å². The molecule has 0 spiro atoms. The van der Waals surface area contributed by atoms with Gasteiger partial charge in [0.25, 0.3) is 0 Å². The minimum absolute atomic E-state index is 0.304. The molecule has 4 nitrogen and oxygen atoms in total. The van der Waals surface area contributed by atoms with Crippen LogP contribution in [0, 0.1) is 5.92 Å². The first-order valence-corrected chi connectivity index (χ1v) is 8.78. The molecular formula is C18H18Cl2N2O2. The Labute approximate surface area is 151 Å². The molecule has 0 radical (unpaired) electrons. The molecule has 1 aliphatic carbocycles. The Hall–Kier alpha value is -1.65. The molecule has 126 valence electrons. The largest absolute Gasteiger partial charge is 0.491 e. The number of aromatic nitrogens is 2. The number of ether oxygens (including phenoxy) is 1. The van der Waals surface area contributed by atoms with E-state index in [1.165, 1.54) is 18.8 Å². The summed E-state index contributed by atoms with van der Waals surface area (Å²) in [5.41, 5.74) is 1.42. The van der Waals surface area contributed by atoms with Crippen molar-refractivity contribution in [2.24, 2.45) is 5.92 Å². The summed E-state index contributed by atoms with van der Waals surface area (Å²) in [4.78, 5) is 19.4. The molecule has 0 bridgehead atoms. The Morgan fingerprint density at radius 3 is 2.88 bits per heavy atom. The molecule has 2 aromatic rings. The van der Waals surface area contributed by atoms with Crippen LogP contribution in [0.25, 0.3) is 0 Å². The highest BCUT2D eigenvalue weighted by molar-refractivity contribution is 6.33. The average Bonchev–Trinajstić information content (AvgIpc) is 2.61. The van der Waals surface area contributed by atoms with Gasteiger partial charge in [0.2, 0.25) is 0 Å². The lowest BCUT2D eigenvalue weighted by atomic mass is 9.76. The van der Waals surface area contributed by atoms with E-state index in [-0.39, 0.29) is 0 Å². The van der Waals surface area contributed by atoms with Gasteiger partial charge in [0, 0.05) is 12.4 Å². The van der Waals surface area contributed by atoms with Crippen LogP contribution in [0.1, 0.15) is 47.5 Å². The van der Waals surface area contributed by atoms with Gasteiger partial charge in [-0.3, -0.25) is 9.78 Å². The van der Waals surface area contributed by atoms with Crippen LogP contribution in [-0.4, -0.2) is 22.9 Å². The fourth-order valence-corrected chi connectivity index (χ4v) is 3.80. The maximum atomic E-state index is 11.2. The third-order valence-electron chi connectivity index (χ3n) is 4.57. The third kappa shape index (κ3) is 3.70. The second-order valence-corrected chi connectivity index (χ2v) is 6.76. The van der Waals surface area contributed by atoms with E-state index in [4.69, 9.17) is 27.9 Å². The molecule has 2 unspecified atom stereocenters. The number of pyridine rings is 2. The first kappa shape index (κ1) is 17.2. The molecule has 1 saturated carbocycles. The van der Waals surface area contributed by atoms with E-state index in [0.29, 0.717) is 46.2 Å². The van der Waals surface area contributed by atoms with Crippen molar-refractivity contribution in [1.29, 1.82) is 0 Å². The minimum atomic E-state index is 0.304. The summed E-state index contributed by atoms with van der Waals surface area (Å²) in [6.07, 6.45) is 9.83. The van der Waals surface area contributed by atoms with Gasteiger partial charge in [0.05, 0.1) is 23.4 Å². The summed E-state index contributed by atoms with van der Waals surface area (Å²) in [6.45, 7) is 0.499. The third-order valence-corrected chi connectivity index (χ3v) is 5.19. The molecule has 1 fully saturated rings. The lowest BCUT2D eigenvalue weighted by Gasteiger charge is -2.32. The van der Waals surface area contributed by atoms with Gasteiger partial charge in [-0.1, -0.05) is 42.1 Å². The molecule has 6 heteroatoms. The van der Waals surface area contributed by atoms with E-state index >= 15 is 0 Å². The Balaban J connectivity index is 1.77. The quantitative estimate of drug-likeness (QED) is 0.556. The summed E-state index contributed by atoms with van der Waals surface area (Å²) < 4.78 is 5.90.